The van der Waals surface area contributed by atoms with E-state index in [0.717, 1.165) is 0 Å². The molecule has 0 nitrogen and oxygen atoms in total. The SMILES string of the molecule is CC1(C)c2ccccc2-c2c1c1c3c(cc4cc5c(c6ccc2c3c46)C(C)(C)c2ccccc2-5)C(C)(C)c2ccccc2-1. The first-order chi connectivity index (χ1) is 20.6. The summed E-state index contributed by atoms with van der Waals surface area (Å²) >= 11 is 0. The summed E-state index contributed by atoms with van der Waals surface area (Å²) < 4.78 is 0. The molecule has 206 valence electrons. The predicted molar refractivity (Wildman–Crippen MR) is 183 cm³/mol. The Labute approximate surface area is 253 Å². The lowest BCUT2D eigenvalue weighted by Gasteiger charge is -2.39. The highest BCUT2D eigenvalue weighted by Crippen LogP contribution is 2.63. The van der Waals surface area contributed by atoms with Crippen LogP contribution in [-0.2, 0) is 16.2 Å². The lowest BCUT2D eigenvalue weighted by molar-refractivity contribution is 0.639. The van der Waals surface area contributed by atoms with Crippen molar-refractivity contribution in [2.24, 2.45) is 0 Å². The summed E-state index contributed by atoms with van der Waals surface area (Å²) in [5.74, 6) is 0. The molecule has 0 unspecified atom stereocenters. The van der Waals surface area contributed by atoms with Crippen molar-refractivity contribution in [2.75, 3.05) is 0 Å². The number of hydrogen-bond donors (Lipinski definition) is 0. The second-order valence-corrected chi connectivity index (χ2v) is 14.9. The molecule has 0 bridgehead atoms. The maximum Gasteiger partial charge on any atom is 0.0165 e. The standard InChI is InChI=1S/C43H34/c1-41(2)31-17-11-9-15-26(31)37-38-33(41)22-23-21-29-24-13-7-10-16-30(24)42(3,4)39(29)28-20-19-27(36(38)34(23)28)35-25-14-8-12-18-32(25)43(5,6)40(35)37/h7-22H,1-6H3. The van der Waals surface area contributed by atoms with E-state index in [1.54, 1.807) is 0 Å². The normalized spacial score (nSPS) is 17.6. The monoisotopic (exact) mass is 550 g/mol. The summed E-state index contributed by atoms with van der Waals surface area (Å²) in [5.41, 5.74) is 17.0. The van der Waals surface area contributed by atoms with Crippen molar-refractivity contribution in [2.45, 2.75) is 57.8 Å². The highest BCUT2D eigenvalue weighted by atomic mass is 14.5. The lowest BCUT2D eigenvalue weighted by Crippen LogP contribution is -2.26. The van der Waals surface area contributed by atoms with Crippen molar-refractivity contribution in [1.82, 2.24) is 0 Å². The third-order valence-electron chi connectivity index (χ3n) is 11.7. The van der Waals surface area contributed by atoms with Crippen molar-refractivity contribution in [3.63, 3.8) is 0 Å². The van der Waals surface area contributed by atoms with Crippen LogP contribution in [0.2, 0.25) is 0 Å². The fourth-order valence-electron chi connectivity index (χ4n) is 9.87. The zero-order valence-corrected chi connectivity index (χ0v) is 25.7. The molecular formula is C43H34. The van der Waals surface area contributed by atoms with Gasteiger partial charge in [-0.2, -0.15) is 0 Å². The van der Waals surface area contributed by atoms with Crippen LogP contribution in [0.15, 0.2) is 97.1 Å². The molecule has 0 fully saturated rings. The van der Waals surface area contributed by atoms with Crippen LogP contribution < -0.4 is 0 Å². The van der Waals surface area contributed by atoms with Gasteiger partial charge < -0.3 is 0 Å². The zero-order chi connectivity index (χ0) is 29.2. The van der Waals surface area contributed by atoms with Crippen LogP contribution in [-0.4, -0.2) is 0 Å². The Bertz CT molecular complexity index is 2410. The van der Waals surface area contributed by atoms with E-state index in [4.69, 9.17) is 0 Å². The molecule has 3 aliphatic rings. The van der Waals surface area contributed by atoms with Gasteiger partial charge in [-0.1, -0.05) is 126 Å². The van der Waals surface area contributed by atoms with Crippen molar-refractivity contribution in [3.8, 4) is 33.4 Å². The average molecular weight is 551 g/mol. The lowest BCUT2D eigenvalue weighted by atomic mass is 9.64. The smallest absolute Gasteiger partial charge is 0.0165 e. The number of hydrogen-bond acceptors (Lipinski definition) is 0. The molecule has 0 atom stereocenters. The highest BCUT2D eigenvalue weighted by molar-refractivity contribution is 6.32. The molecule has 10 rings (SSSR count). The van der Waals surface area contributed by atoms with Gasteiger partial charge in [-0.25, -0.2) is 0 Å². The summed E-state index contributed by atoms with van der Waals surface area (Å²) in [5, 5.41) is 8.58. The molecule has 43 heavy (non-hydrogen) atoms. The van der Waals surface area contributed by atoms with Gasteiger partial charge in [-0.05, 0) is 111 Å². The number of rotatable bonds is 0. The largest absolute Gasteiger partial charge is 0.0619 e. The summed E-state index contributed by atoms with van der Waals surface area (Å²) in [7, 11) is 0. The molecule has 0 aliphatic heterocycles. The van der Waals surface area contributed by atoms with E-state index in [1.807, 2.05) is 0 Å². The maximum absolute atomic E-state index is 2.57. The molecule has 3 aliphatic carbocycles. The van der Waals surface area contributed by atoms with E-state index in [1.165, 1.54) is 99.1 Å². The topological polar surface area (TPSA) is 0 Å². The maximum atomic E-state index is 2.57. The second kappa shape index (κ2) is 7.20. The van der Waals surface area contributed by atoms with E-state index < -0.39 is 0 Å². The summed E-state index contributed by atoms with van der Waals surface area (Å²) in [4.78, 5) is 0. The Morgan fingerprint density at radius 1 is 0.372 bits per heavy atom. The molecule has 0 amide bonds. The van der Waals surface area contributed by atoms with Crippen LogP contribution in [0, 0.1) is 0 Å². The summed E-state index contributed by atoms with van der Waals surface area (Å²) in [6.07, 6.45) is 0. The predicted octanol–water partition coefficient (Wildman–Crippen LogP) is 11.5. The average Bonchev–Trinajstić information content (AvgIpc) is 3.39. The molecular weight excluding hydrogens is 516 g/mol. The van der Waals surface area contributed by atoms with Gasteiger partial charge in [0.2, 0.25) is 0 Å². The summed E-state index contributed by atoms with van der Waals surface area (Å²) in [6, 6.07) is 37.5. The van der Waals surface area contributed by atoms with Crippen LogP contribution in [0.1, 0.15) is 74.9 Å². The molecule has 7 aromatic carbocycles. The Kier molecular flexibility index (Phi) is 4.03. The Morgan fingerprint density at radius 3 is 1.60 bits per heavy atom. The van der Waals surface area contributed by atoms with Crippen molar-refractivity contribution < 1.29 is 0 Å². The molecule has 0 heteroatoms. The highest BCUT2D eigenvalue weighted by Gasteiger charge is 2.45. The third-order valence-corrected chi connectivity index (χ3v) is 11.7. The van der Waals surface area contributed by atoms with Gasteiger partial charge in [0, 0.05) is 16.2 Å². The van der Waals surface area contributed by atoms with Gasteiger partial charge in [0.1, 0.15) is 0 Å². The van der Waals surface area contributed by atoms with Gasteiger partial charge in [-0.3, -0.25) is 0 Å². The van der Waals surface area contributed by atoms with Crippen LogP contribution in [0.5, 0.6) is 0 Å². The zero-order valence-electron chi connectivity index (χ0n) is 25.7. The van der Waals surface area contributed by atoms with Crippen LogP contribution in [0.4, 0.5) is 0 Å². The Hall–Kier alpha value is -4.42. The minimum atomic E-state index is -0.115. The molecule has 0 saturated carbocycles. The molecule has 0 spiro atoms. The third kappa shape index (κ3) is 2.51. The van der Waals surface area contributed by atoms with Crippen molar-refractivity contribution in [3.05, 3.63) is 130 Å². The fourth-order valence-corrected chi connectivity index (χ4v) is 9.87. The minimum Gasteiger partial charge on any atom is -0.0619 e. The van der Waals surface area contributed by atoms with Crippen molar-refractivity contribution in [1.29, 1.82) is 0 Å². The molecule has 0 heterocycles. The van der Waals surface area contributed by atoms with E-state index in [-0.39, 0.29) is 16.2 Å². The molecule has 0 radical (unpaired) electrons. The second-order valence-electron chi connectivity index (χ2n) is 14.9. The first kappa shape index (κ1) is 24.1. The molecule has 0 aromatic heterocycles. The van der Waals surface area contributed by atoms with E-state index in [2.05, 4.69) is 139 Å². The van der Waals surface area contributed by atoms with E-state index in [9.17, 15) is 0 Å². The van der Waals surface area contributed by atoms with Crippen LogP contribution >= 0.6 is 0 Å². The van der Waals surface area contributed by atoms with Gasteiger partial charge in [-0.15, -0.1) is 0 Å². The Morgan fingerprint density at radius 2 is 0.907 bits per heavy atom. The first-order valence-corrected chi connectivity index (χ1v) is 15.8. The first-order valence-electron chi connectivity index (χ1n) is 15.8. The van der Waals surface area contributed by atoms with Crippen LogP contribution in [0.3, 0.4) is 0 Å². The van der Waals surface area contributed by atoms with Crippen LogP contribution in [0.25, 0.3) is 65.7 Å². The van der Waals surface area contributed by atoms with Gasteiger partial charge >= 0.3 is 0 Å². The van der Waals surface area contributed by atoms with Gasteiger partial charge in [0.05, 0.1) is 0 Å². The molecule has 0 saturated heterocycles. The quantitative estimate of drug-likeness (QED) is 0.165. The van der Waals surface area contributed by atoms with Crippen molar-refractivity contribution >= 4 is 32.3 Å². The fraction of sp³-hybridized carbons (Fsp3) is 0.209. The summed E-state index contributed by atoms with van der Waals surface area (Å²) in [6.45, 7) is 14.6. The molecule has 7 aromatic rings. The number of benzene rings is 7. The van der Waals surface area contributed by atoms with Gasteiger partial charge in [0.25, 0.3) is 0 Å². The minimum absolute atomic E-state index is 0.0562. The van der Waals surface area contributed by atoms with Gasteiger partial charge in [0.15, 0.2) is 0 Å². The number of fused-ring (bicyclic) bond motifs is 11. The van der Waals surface area contributed by atoms with E-state index >= 15 is 0 Å². The van der Waals surface area contributed by atoms with E-state index in [0.29, 0.717) is 0 Å². The molecule has 0 N–H and O–H groups in total. The Balaban J connectivity index is 1.51.